The van der Waals surface area contributed by atoms with Crippen molar-refractivity contribution in [1.82, 2.24) is 15.3 Å². The molecule has 21 heavy (non-hydrogen) atoms. The van der Waals surface area contributed by atoms with E-state index in [9.17, 15) is 4.79 Å². The van der Waals surface area contributed by atoms with Crippen molar-refractivity contribution >= 4 is 22.4 Å². The van der Waals surface area contributed by atoms with Gasteiger partial charge in [0.05, 0.1) is 11.3 Å². The summed E-state index contributed by atoms with van der Waals surface area (Å²) in [6, 6.07) is 3.70. The Hall–Kier alpha value is -1.79. The van der Waals surface area contributed by atoms with Crippen LogP contribution in [0.4, 0.5) is 5.13 Å². The van der Waals surface area contributed by atoms with Gasteiger partial charge in [-0.05, 0) is 38.9 Å². The van der Waals surface area contributed by atoms with Crippen molar-refractivity contribution in [2.24, 2.45) is 0 Å². The summed E-state index contributed by atoms with van der Waals surface area (Å²) in [6.07, 6.45) is 2.76. The summed E-state index contributed by atoms with van der Waals surface area (Å²) in [5, 5.41) is 8.79. The molecule has 1 atom stereocenters. The molecule has 0 bridgehead atoms. The second-order valence-corrected chi connectivity index (χ2v) is 5.70. The number of thiazole rings is 1. The second kappa shape index (κ2) is 7.28. The average molecular weight is 304 g/mol. The van der Waals surface area contributed by atoms with Gasteiger partial charge in [-0.15, -0.1) is 11.3 Å². The largest absolute Gasteiger partial charge is 0.309 e. The van der Waals surface area contributed by atoms with Crippen molar-refractivity contribution in [3.05, 3.63) is 40.7 Å². The number of pyridine rings is 1. The Morgan fingerprint density at radius 1 is 1.48 bits per heavy atom. The fraction of sp³-hybridized carbons (Fsp3) is 0.400. The Morgan fingerprint density at radius 3 is 3.00 bits per heavy atom. The molecule has 2 rings (SSSR count). The topological polar surface area (TPSA) is 66.9 Å². The molecule has 2 N–H and O–H groups in total. The zero-order valence-electron chi connectivity index (χ0n) is 12.5. The van der Waals surface area contributed by atoms with E-state index in [4.69, 9.17) is 0 Å². The summed E-state index contributed by atoms with van der Waals surface area (Å²) >= 11 is 1.44. The van der Waals surface area contributed by atoms with Crippen LogP contribution in [0, 0.1) is 6.92 Å². The lowest BCUT2D eigenvalue weighted by Gasteiger charge is -2.09. The molecule has 0 aliphatic heterocycles. The molecule has 0 spiro atoms. The third-order valence-electron chi connectivity index (χ3n) is 3.14. The molecule has 6 heteroatoms. The lowest BCUT2D eigenvalue weighted by molar-refractivity contribution is 0.102. The molecule has 2 aromatic rings. The summed E-state index contributed by atoms with van der Waals surface area (Å²) in [7, 11) is 0. The number of hydrogen-bond donors (Lipinski definition) is 2. The number of carbonyl (C=O) groups excluding carboxylic acids is 1. The number of amides is 1. The zero-order chi connectivity index (χ0) is 15.2. The van der Waals surface area contributed by atoms with Gasteiger partial charge in [-0.25, -0.2) is 4.98 Å². The molecule has 0 radical (unpaired) electrons. The molecule has 1 unspecified atom stereocenters. The van der Waals surface area contributed by atoms with Crippen LogP contribution in [0.2, 0.25) is 0 Å². The molecule has 0 aromatic carbocycles. The highest BCUT2D eigenvalue weighted by Crippen LogP contribution is 2.21. The van der Waals surface area contributed by atoms with Crippen molar-refractivity contribution in [2.75, 3.05) is 11.9 Å². The van der Waals surface area contributed by atoms with E-state index in [-0.39, 0.29) is 11.9 Å². The summed E-state index contributed by atoms with van der Waals surface area (Å²) in [5.74, 6) is -0.171. The predicted octanol–water partition coefficient (Wildman–Crippen LogP) is 3.16. The van der Waals surface area contributed by atoms with Crippen molar-refractivity contribution in [1.29, 1.82) is 0 Å². The van der Waals surface area contributed by atoms with Gasteiger partial charge in [0.15, 0.2) is 5.13 Å². The molecule has 1 amide bonds. The number of nitrogens with zero attached hydrogens (tertiary/aromatic N) is 2. The van der Waals surface area contributed by atoms with E-state index in [0.717, 1.165) is 18.7 Å². The maximum Gasteiger partial charge on any atom is 0.259 e. The summed E-state index contributed by atoms with van der Waals surface area (Å²) in [4.78, 5) is 20.8. The van der Waals surface area contributed by atoms with Gasteiger partial charge in [-0.2, -0.15) is 0 Å². The van der Waals surface area contributed by atoms with Crippen LogP contribution in [0.3, 0.4) is 0 Å². The van der Waals surface area contributed by atoms with Crippen LogP contribution in [0.15, 0.2) is 23.7 Å². The second-order valence-electron chi connectivity index (χ2n) is 4.84. The lowest BCUT2D eigenvalue weighted by Crippen LogP contribution is -2.19. The van der Waals surface area contributed by atoms with Crippen molar-refractivity contribution in [3.8, 4) is 0 Å². The third-order valence-corrected chi connectivity index (χ3v) is 3.91. The van der Waals surface area contributed by atoms with E-state index in [0.29, 0.717) is 16.4 Å². The van der Waals surface area contributed by atoms with E-state index in [2.05, 4.69) is 34.4 Å². The first-order valence-corrected chi connectivity index (χ1v) is 7.91. The first-order chi connectivity index (χ1) is 10.1. The number of hydrogen-bond acceptors (Lipinski definition) is 5. The fourth-order valence-electron chi connectivity index (χ4n) is 1.90. The zero-order valence-corrected chi connectivity index (χ0v) is 13.3. The molecule has 2 aromatic heterocycles. The summed E-state index contributed by atoms with van der Waals surface area (Å²) < 4.78 is 0. The monoisotopic (exact) mass is 304 g/mol. The summed E-state index contributed by atoms with van der Waals surface area (Å²) in [5.41, 5.74) is 2.24. The van der Waals surface area contributed by atoms with E-state index < -0.39 is 0 Å². The maximum absolute atomic E-state index is 12.2. The third kappa shape index (κ3) is 4.09. The van der Waals surface area contributed by atoms with Crippen LogP contribution in [-0.2, 0) is 0 Å². The van der Waals surface area contributed by atoms with Crippen LogP contribution >= 0.6 is 11.3 Å². The Kier molecular flexibility index (Phi) is 5.41. The normalized spacial score (nSPS) is 12.1. The number of aromatic nitrogens is 2. The quantitative estimate of drug-likeness (QED) is 0.860. The number of carbonyl (C=O) groups is 1. The first-order valence-electron chi connectivity index (χ1n) is 7.03. The van der Waals surface area contributed by atoms with Gasteiger partial charge >= 0.3 is 0 Å². The fourth-order valence-corrected chi connectivity index (χ4v) is 2.70. The number of rotatable bonds is 6. The van der Waals surface area contributed by atoms with Crippen LogP contribution in [-0.4, -0.2) is 22.4 Å². The van der Waals surface area contributed by atoms with Crippen LogP contribution in [0.5, 0.6) is 0 Å². The van der Waals surface area contributed by atoms with Crippen LogP contribution in [0.25, 0.3) is 0 Å². The molecule has 0 aliphatic rings. The van der Waals surface area contributed by atoms with Crippen molar-refractivity contribution < 1.29 is 4.79 Å². The van der Waals surface area contributed by atoms with Crippen molar-refractivity contribution in [3.63, 3.8) is 0 Å². The molecule has 5 nitrogen and oxygen atoms in total. The first kappa shape index (κ1) is 15.6. The molecular formula is C15H20N4OS. The van der Waals surface area contributed by atoms with E-state index in [1.54, 1.807) is 18.3 Å². The highest BCUT2D eigenvalue weighted by Gasteiger charge is 2.13. The highest BCUT2D eigenvalue weighted by atomic mass is 32.1. The van der Waals surface area contributed by atoms with Gasteiger partial charge in [0.1, 0.15) is 0 Å². The Labute approximate surface area is 128 Å². The minimum absolute atomic E-state index is 0.171. The molecule has 0 saturated heterocycles. The summed E-state index contributed by atoms with van der Waals surface area (Å²) in [6.45, 7) is 6.97. The molecular weight excluding hydrogens is 284 g/mol. The van der Waals surface area contributed by atoms with E-state index >= 15 is 0 Å². The van der Waals surface area contributed by atoms with Gasteiger partial charge in [-0.3, -0.25) is 15.1 Å². The smallest absolute Gasteiger partial charge is 0.259 e. The molecule has 2 heterocycles. The number of aryl methyl sites for hydroxylation is 1. The molecule has 0 saturated carbocycles. The van der Waals surface area contributed by atoms with Gasteiger partial charge < -0.3 is 5.32 Å². The number of anilines is 1. The van der Waals surface area contributed by atoms with Gasteiger partial charge in [-0.1, -0.05) is 6.92 Å². The van der Waals surface area contributed by atoms with Gasteiger partial charge in [0.2, 0.25) is 0 Å². The van der Waals surface area contributed by atoms with E-state index in [1.807, 2.05) is 12.3 Å². The minimum Gasteiger partial charge on any atom is -0.309 e. The van der Waals surface area contributed by atoms with E-state index in [1.165, 1.54) is 11.3 Å². The minimum atomic E-state index is -0.171. The van der Waals surface area contributed by atoms with Crippen molar-refractivity contribution in [2.45, 2.75) is 33.2 Å². The predicted molar refractivity (Wildman–Crippen MR) is 85.7 cm³/mol. The Bertz CT molecular complexity index is 611. The number of nitrogens with one attached hydrogen (secondary N) is 2. The lowest BCUT2D eigenvalue weighted by atomic mass is 10.2. The molecule has 0 fully saturated rings. The SMILES string of the molecule is CCCNC(C)c1csc(NC(=O)c2cccnc2C)n1. The standard InChI is InChI=1S/C15H20N4OS/c1-4-7-16-11(3)13-9-21-15(18-13)19-14(20)12-6-5-8-17-10(12)2/h5-6,8-9,11,16H,4,7H2,1-3H3,(H,18,19,20). The maximum atomic E-state index is 12.2. The Morgan fingerprint density at radius 2 is 2.29 bits per heavy atom. The molecule has 112 valence electrons. The average Bonchev–Trinajstić information content (AvgIpc) is 2.93. The Balaban J connectivity index is 2.02. The molecule has 0 aliphatic carbocycles. The van der Waals surface area contributed by atoms with Gasteiger partial charge in [0, 0.05) is 23.3 Å². The van der Waals surface area contributed by atoms with Crippen LogP contribution in [0.1, 0.15) is 48.1 Å². The highest BCUT2D eigenvalue weighted by molar-refractivity contribution is 7.14. The van der Waals surface area contributed by atoms with Crippen LogP contribution < -0.4 is 10.6 Å². The van der Waals surface area contributed by atoms with Gasteiger partial charge in [0.25, 0.3) is 5.91 Å².